The van der Waals surface area contributed by atoms with Crippen LogP contribution in [0.5, 0.6) is 0 Å². The molecule has 0 aromatic carbocycles. The molecule has 1 atom stereocenters. The van der Waals surface area contributed by atoms with E-state index in [9.17, 15) is 5.11 Å². The van der Waals surface area contributed by atoms with Gasteiger partial charge in [0.15, 0.2) is 0 Å². The van der Waals surface area contributed by atoms with Gasteiger partial charge in [0, 0.05) is 0 Å². The van der Waals surface area contributed by atoms with Gasteiger partial charge in [-0.15, -0.1) is 6.58 Å². The summed E-state index contributed by atoms with van der Waals surface area (Å²) in [7, 11) is 0. The Bertz CT molecular complexity index is 82.4. The van der Waals surface area contributed by atoms with E-state index in [2.05, 4.69) is 6.58 Å². The highest BCUT2D eigenvalue weighted by Gasteiger charge is 2.19. The zero-order chi connectivity index (χ0) is 6.78. The molecule has 0 amide bonds. The molecule has 48 valence electrons. The van der Waals surface area contributed by atoms with Gasteiger partial charge in [0.1, 0.15) is 0 Å². The summed E-state index contributed by atoms with van der Waals surface area (Å²) >= 11 is 0. The molecule has 0 aromatic heterocycles. The molecule has 8 heavy (non-hydrogen) atoms. The van der Waals surface area contributed by atoms with Gasteiger partial charge in [-0.3, -0.25) is 0 Å². The van der Waals surface area contributed by atoms with E-state index in [-0.39, 0.29) is 5.92 Å². The highest BCUT2D eigenvalue weighted by molar-refractivity contribution is 4.93. The Hall–Kier alpha value is -0.300. The lowest BCUT2D eigenvalue weighted by Gasteiger charge is -2.22. The van der Waals surface area contributed by atoms with Crippen molar-refractivity contribution in [3.05, 3.63) is 12.7 Å². The lowest BCUT2D eigenvalue weighted by atomic mass is 9.93. The topological polar surface area (TPSA) is 20.2 Å². The predicted octanol–water partition coefficient (Wildman–Crippen LogP) is 1.58. The average Bonchev–Trinajstić information content (AvgIpc) is 1.67. The van der Waals surface area contributed by atoms with Gasteiger partial charge in [-0.05, 0) is 12.8 Å². The van der Waals surface area contributed by atoms with Gasteiger partial charge >= 0.3 is 0 Å². The van der Waals surface area contributed by atoms with Crippen LogP contribution < -0.4 is 0 Å². The molecule has 0 spiro atoms. The number of hydrogen-bond acceptors (Lipinski definition) is 1. The van der Waals surface area contributed by atoms with Crippen LogP contribution in [0.25, 0.3) is 0 Å². The van der Waals surface area contributed by atoms with E-state index in [0.29, 0.717) is 0 Å². The van der Waals surface area contributed by atoms with Crippen molar-refractivity contribution in [3.63, 3.8) is 0 Å². The van der Waals surface area contributed by atoms with Crippen molar-refractivity contribution in [2.75, 3.05) is 0 Å². The van der Waals surface area contributed by atoms with Gasteiger partial charge in [-0.2, -0.15) is 0 Å². The molecule has 0 radical (unpaired) electrons. The first kappa shape index (κ1) is 7.70. The van der Waals surface area contributed by atoms with Crippen molar-refractivity contribution in [3.8, 4) is 0 Å². The molecule has 0 fully saturated rings. The zero-order valence-corrected chi connectivity index (χ0v) is 5.81. The summed E-state index contributed by atoms with van der Waals surface area (Å²) in [6.45, 7) is 9.18. The molecule has 1 N–H and O–H groups in total. The van der Waals surface area contributed by atoms with Crippen molar-refractivity contribution in [1.29, 1.82) is 0 Å². The second kappa shape index (κ2) is 2.31. The maximum Gasteiger partial charge on any atom is 0.0819 e. The van der Waals surface area contributed by atoms with Crippen LogP contribution >= 0.6 is 0 Å². The minimum Gasteiger partial charge on any atom is -0.386 e. The molecule has 0 saturated carbocycles. The van der Waals surface area contributed by atoms with Gasteiger partial charge in [0.25, 0.3) is 0 Å². The van der Waals surface area contributed by atoms with Crippen LogP contribution in [0.2, 0.25) is 0 Å². The van der Waals surface area contributed by atoms with Crippen LogP contribution in [-0.4, -0.2) is 10.7 Å². The Morgan fingerprint density at radius 3 is 2.00 bits per heavy atom. The van der Waals surface area contributed by atoms with Gasteiger partial charge in [-0.1, -0.05) is 19.9 Å². The third-order valence-electron chi connectivity index (χ3n) is 1.58. The fraction of sp³-hybridized carbons (Fsp3) is 0.714. The van der Waals surface area contributed by atoms with Crippen LogP contribution in [0.4, 0.5) is 0 Å². The Morgan fingerprint density at radius 1 is 1.62 bits per heavy atom. The second-order valence-electron chi connectivity index (χ2n) is 2.58. The first-order valence-corrected chi connectivity index (χ1v) is 2.86. The molecule has 0 aliphatic heterocycles. The van der Waals surface area contributed by atoms with Gasteiger partial charge in [-0.25, -0.2) is 0 Å². The Morgan fingerprint density at radius 2 is 2.00 bits per heavy atom. The SMILES string of the molecule is C=C[C@](C)(O)C(C)C. The summed E-state index contributed by atoms with van der Waals surface area (Å²) in [5.41, 5.74) is -0.694. The van der Waals surface area contributed by atoms with Crippen molar-refractivity contribution in [2.45, 2.75) is 26.4 Å². The monoisotopic (exact) mass is 114 g/mol. The fourth-order valence-electron chi connectivity index (χ4n) is 0.236. The van der Waals surface area contributed by atoms with Gasteiger partial charge in [0.2, 0.25) is 0 Å². The molecular formula is C7H14O. The third kappa shape index (κ3) is 1.66. The molecule has 1 heteroatoms. The van der Waals surface area contributed by atoms with E-state index in [1.54, 1.807) is 13.0 Å². The lowest BCUT2D eigenvalue weighted by Crippen LogP contribution is -2.27. The van der Waals surface area contributed by atoms with Crippen LogP contribution in [0.15, 0.2) is 12.7 Å². The molecule has 0 saturated heterocycles. The Kier molecular flexibility index (Phi) is 2.23. The number of hydrogen-bond donors (Lipinski definition) is 1. The predicted molar refractivity (Wildman–Crippen MR) is 35.7 cm³/mol. The average molecular weight is 114 g/mol. The van der Waals surface area contributed by atoms with Crippen molar-refractivity contribution >= 4 is 0 Å². The van der Waals surface area contributed by atoms with E-state index in [4.69, 9.17) is 0 Å². The molecule has 0 rings (SSSR count). The van der Waals surface area contributed by atoms with Gasteiger partial charge in [0.05, 0.1) is 5.60 Å². The third-order valence-corrected chi connectivity index (χ3v) is 1.58. The second-order valence-corrected chi connectivity index (χ2v) is 2.58. The van der Waals surface area contributed by atoms with E-state index < -0.39 is 5.60 Å². The highest BCUT2D eigenvalue weighted by atomic mass is 16.3. The lowest BCUT2D eigenvalue weighted by molar-refractivity contribution is 0.0630. The largest absolute Gasteiger partial charge is 0.386 e. The maximum atomic E-state index is 9.28. The first-order valence-electron chi connectivity index (χ1n) is 2.86. The van der Waals surface area contributed by atoms with Crippen LogP contribution in [0.1, 0.15) is 20.8 Å². The summed E-state index contributed by atoms with van der Waals surface area (Å²) in [6, 6.07) is 0. The van der Waals surface area contributed by atoms with Crippen LogP contribution in [0, 0.1) is 5.92 Å². The molecule has 0 bridgehead atoms. The number of aliphatic hydroxyl groups is 1. The van der Waals surface area contributed by atoms with Crippen molar-refractivity contribution in [2.24, 2.45) is 5.92 Å². The van der Waals surface area contributed by atoms with E-state index in [1.165, 1.54) is 0 Å². The van der Waals surface area contributed by atoms with E-state index >= 15 is 0 Å². The Labute approximate surface area is 51.0 Å². The van der Waals surface area contributed by atoms with Crippen LogP contribution in [0.3, 0.4) is 0 Å². The number of rotatable bonds is 2. The minimum atomic E-state index is -0.694. The summed E-state index contributed by atoms with van der Waals surface area (Å²) in [5.74, 6) is 0.250. The summed E-state index contributed by atoms with van der Waals surface area (Å²) in [5, 5.41) is 9.28. The molecule has 1 nitrogen and oxygen atoms in total. The Balaban J connectivity index is 3.90. The molecule has 0 aromatic rings. The quantitative estimate of drug-likeness (QED) is 0.540. The van der Waals surface area contributed by atoms with Crippen molar-refractivity contribution < 1.29 is 5.11 Å². The minimum absolute atomic E-state index is 0.250. The first-order chi connectivity index (χ1) is 3.50. The molecule has 0 aliphatic rings. The summed E-state index contributed by atoms with van der Waals surface area (Å²) in [4.78, 5) is 0. The molecule has 0 aliphatic carbocycles. The van der Waals surface area contributed by atoms with Crippen LogP contribution in [-0.2, 0) is 0 Å². The maximum absolute atomic E-state index is 9.28. The van der Waals surface area contributed by atoms with E-state index in [0.717, 1.165) is 0 Å². The van der Waals surface area contributed by atoms with E-state index in [1.807, 2.05) is 13.8 Å². The molecular weight excluding hydrogens is 100 g/mol. The molecule has 0 heterocycles. The summed E-state index contributed by atoms with van der Waals surface area (Å²) in [6.07, 6.45) is 1.57. The van der Waals surface area contributed by atoms with Gasteiger partial charge < -0.3 is 5.11 Å². The highest BCUT2D eigenvalue weighted by Crippen LogP contribution is 2.15. The standard InChI is InChI=1S/C7H14O/c1-5-7(4,8)6(2)3/h5-6,8H,1H2,2-4H3/t7-/m0/s1. The molecule has 0 unspecified atom stereocenters. The smallest absolute Gasteiger partial charge is 0.0819 e. The zero-order valence-electron chi connectivity index (χ0n) is 5.81. The van der Waals surface area contributed by atoms with Crippen molar-refractivity contribution in [1.82, 2.24) is 0 Å². The normalized spacial score (nSPS) is 18.1. The fourth-order valence-corrected chi connectivity index (χ4v) is 0.236. The summed E-state index contributed by atoms with van der Waals surface area (Å²) < 4.78 is 0.